The van der Waals surface area contributed by atoms with Crippen molar-refractivity contribution in [2.24, 2.45) is 5.73 Å². The van der Waals surface area contributed by atoms with E-state index in [9.17, 15) is 0 Å². The molecule has 0 radical (unpaired) electrons. The maximum absolute atomic E-state index is 6.13. The SMILES string of the molecule is CCCC1CCCCN1CC(N)CCOC. The van der Waals surface area contributed by atoms with Gasteiger partial charge in [0.05, 0.1) is 0 Å². The summed E-state index contributed by atoms with van der Waals surface area (Å²) in [5.41, 5.74) is 6.13. The number of hydrogen-bond acceptors (Lipinski definition) is 3. The molecule has 0 saturated carbocycles. The summed E-state index contributed by atoms with van der Waals surface area (Å²) in [4.78, 5) is 2.60. The second-order valence-electron chi connectivity index (χ2n) is 4.97. The van der Waals surface area contributed by atoms with Gasteiger partial charge in [-0.3, -0.25) is 4.90 Å². The lowest BCUT2D eigenvalue weighted by molar-refractivity contribution is 0.120. The minimum atomic E-state index is 0.275. The van der Waals surface area contributed by atoms with Crippen LogP contribution in [-0.4, -0.2) is 43.8 Å². The van der Waals surface area contributed by atoms with Crippen molar-refractivity contribution in [2.45, 2.75) is 57.5 Å². The molecule has 0 amide bonds. The lowest BCUT2D eigenvalue weighted by Gasteiger charge is -2.37. The molecule has 96 valence electrons. The lowest BCUT2D eigenvalue weighted by Crippen LogP contribution is -2.46. The topological polar surface area (TPSA) is 38.5 Å². The van der Waals surface area contributed by atoms with E-state index in [1.54, 1.807) is 7.11 Å². The van der Waals surface area contributed by atoms with Gasteiger partial charge in [-0.1, -0.05) is 19.8 Å². The minimum absolute atomic E-state index is 0.275. The van der Waals surface area contributed by atoms with Crippen molar-refractivity contribution in [3.05, 3.63) is 0 Å². The highest BCUT2D eigenvalue weighted by Gasteiger charge is 2.22. The first-order chi connectivity index (χ1) is 7.77. The smallest absolute Gasteiger partial charge is 0.0477 e. The summed E-state index contributed by atoms with van der Waals surface area (Å²) in [5, 5.41) is 0. The minimum Gasteiger partial charge on any atom is -0.385 e. The van der Waals surface area contributed by atoms with Crippen LogP contribution in [0.1, 0.15) is 45.4 Å². The third kappa shape index (κ3) is 4.81. The van der Waals surface area contributed by atoms with Gasteiger partial charge >= 0.3 is 0 Å². The predicted molar refractivity (Wildman–Crippen MR) is 68.6 cm³/mol. The molecule has 1 aliphatic rings. The van der Waals surface area contributed by atoms with Crippen LogP contribution in [0.2, 0.25) is 0 Å². The molecule has 16 heavy (non-hydrogen) atoms. The highest BCUT2D eigenvalue weighted by molar-refractivity contribution is 4.79. The zero-order chi connectivity index (χ0) is 11.8. The summed E-state index contributed by atoms with van der Waals surface area (Å²) in [6, 6.07) is 1.06. The molecular formula is C13H28N2O. The monoisotopic (exact) mass is 228 g/mol. The summed E-state index contributed by atoms with van der Waals surface area (Å²) >= 11 is 0. The maximum Gasteiger partial charge on any atom is 0.0477 e. The quantitative estimate of drug-likeness (QED) is 0.724. The normalized spacial score (nSPS) is 24.6. The molecule has 3 nitrogen and oxygen atoms in total. The Balaban J connectivity index is 2.30. The van der Waals surface area contributed by atoms with E-state index < -0.39 is 0 Å². The Morgan fingerprint density at radius 2 is 2.25 bits per heavy atom. The molecule has 3 heteroatoms. The van der Waals surface area contributed by atoms with Crippen molar-refractivity contribution < 1.29 is 4.74 Å². The molecule has 0 aromatic heterocycles. The Kier molecular flexibility index (Phi) is 7.01. The molecule has 0 aromatic carbocycles. The molecule has 2 atom stereocenters. The van der Waals surface area contributed by atoms with Crippen LogP contribution in [0.15, 0.2) is 0 Å². The summed E-state index contributed by atoms with van der Waals surface area (Å²) in [6.07, 6.45) is 7.70. The Labute approximate surface area is 100 Å². The van der Waals surface area contributed by atoms with Gasteiger partial charge in [-0.15, -0.1) is 0 Å². The van der Waals surface area contributed by atoms with Crippen LogP contribution in [-0.2, 0) is 4.74 Å². The predicted octanol–water partition coefficient (Wildman–Crippen LogP) is 2.00. The number of nitrogens with two attached hydrogens (primary N) is 1. The van der Waals surface area contributed by atoms with Gasteiger partial charge < -0.3 is 10.5 Å². The van der Waals surface area contributed by atoms with E-state index in [2.05, 4.69) is 11.8 Å². The number of rotatable bonds is 7. The van der Waals surface area contributed by atoms with Crippen LogP contribution in [0.5, 0.6) is 0 Å². The van der Waals surface area contributed by atoms with E-state index in [1.807, 2.05) is 0 Å². The van der Waals surface area contributed by atoms with Crippen LogP contribution in [0, 0.1) is 0 Å². The van der Waals surface area contributed by atoms with Crippen LogP contribution < -0.4 is 5.73 Å². The summed E-state index contributed by atoms with van der Waals surface area (Å²) in [7, 11) is 1.74. The fourth-order valence-electron chi connectivity index (χ4n) is 2.62. The Bertz CT molecular complexity index is 173. The molecule has 1 aliphatic heterocycles. The number of hydrogen-bond donors (Lipinski definition) is 1. The number of likely N-dealkylation sites (tertiary alicyclic amines) is 1. The third-order valence-corrected chi connectivity index (χ3v) is 3.53. The molecule has 2 unspecified atom stereocenters. The standard InChI is InChI=1S/C13H28N2O/c1-3-6-13-7-4-5-9-15(13)11-12(14)8-10-16-2/h12-13H,3-11,14H2,1-2H3. The molecule has 0 spiro atoms. The highest BCUT2D eigenvalue weighted by Crippen LogP contribution is 2.20. The van der Waals surface area contributed by atoms with E-state index in [0.717, 1.165) is 25.6 Å². The molecular weight excluding hydrogens is 200 g/mol. The zero-order valence-corrected chi connectivity index (χ0v) is 11.0. The van der Waals surface area contributed by atoms with Crippen molar-refractivity contribution in [1.82, 2.24) is 4.90 Å². The number of nitrogens with zero attached hydrogens (tertiary/aromatic N) is 1. The van der Waals surface area contributed by atoms with Crippen LogP contribution in [0.4, 0.5) is 0 Å². The van der Waals surface area contributed by atoms with E-state index in [0.29, 0.717) is 0 Å². The number of methoxy groups -OCH3 is 1. The molecule has 1 saturated heterocycles. The van der Waals surface area contributed by atoms with E-state index in [4.69, 9.17) is 10.5 Å². The molecule has 0 bridgehead atoms. The largest absolute Gasteiger partial charge is 0.385 e. The first kappa shape index (κ1) is 13.9. The van der Waals surface area contributed by atoms with Gasteiger partial charge in [0.1, 0.15) is 0 Å². The lowest BCUT2D eigenvalue weighted by atomic mass is 9.97. The van der Waals surface area contributed by atoms with Crippen LogP contribution >= 0.6 is 0 Å². The highest BCUT2D eigenvalue weighted by atomic mass is 16.5. The van der Waals surface area contributed by atoms with E-state index in [1.165, 1.54) is 38.6 Å². The third-order valence-electron chi connectivity index (χ3n) is 3.53. The van der Waals surface area contributed by atoms with Gasteiger partial charge in [-0.25, -0.2) is 0 Å². The first-order valence-electron chi connectivity index (χ1n) is 6.76. The summed E-state index contributed by atoms with van der Waals surface area (Å²) in [6.45, 7) is 5.35. The van der Waals surface area contributed by atoms with Gasteiger partial charge in [0.25, 0.3) is 0 Å². The fourth-order valence-corrected chi connectivity index (χ4v) is 2.62. The first-order valence-corrected chi connectivity index (χ1v) is 6.76. The fraction of sp³-hybridized carbons (Fsp3) is 1.00. The van der Waals surface area contributed by atoms with Gasteiger partial charge in [0.2, 0.25) is 0 Å². The van der Waals surface area contributed by atoms with Gasteiger partial charge in [0, 0.05) is 32.3 Å². The van der Waals surface area contributed by atoms with Gasteiger partial charge in [0.15, 0.2) is 0 Å². The van der Waals surface area contributed by atoms with E-state index in [-0.39, 0.29) is 6.04 Å². The van der Waals surface area contributed by atoms with Crippen molar-refractivity contribution in [1.29, 1.82) is 0 Å². The molecule has 1 heterocycles. The number of piperidine rings is 1. The molecule has 1 fully saturated rings. The Hall–Kier alpha value is -0.120. The van der Waals surface area contributed by atoms with Crippen molar-refractivity contribution in [3.63, 3.8) is 0 Å². The van der Waals surface area contributed by atoms with Crippen molar-refractivity contribution in [3.8, 4) is 0 Å². The molecule has 1 rings (SSSR count). The molecule has 0 aliphatic carbocycles. The van der Waals surface area contributed by atoms with Gasteiger partial charge in [-0.2, -0.15) is 0 Å². The second kappa shape index (κ2) is 8.04. The van der Waals surface area contributed by atoms with Gasteiger partial charge in [-0.05, 0) is 32.2 Å². The number of ether oxygens (including phenoxy) is 1. The average Bonchev–Trinajstić information content (AvgIpc) is 2.29. The van der Waals surface area contributed by atoms with Crippen LogP contribution in [0.25, 0.3) is 0 Å². The van der Waals surface area contributed by atoms with Crippen LogP contribution in [0.3, 0.4) is 0 Å². The Morgan fingerprint density at radius 3 is 2.94 bits per heavy atom. The molecule has 2 N–H and O–H groups in total. The Morgan fingerprint density at radius 1 is 1.44 bits per heavy atom. The zero-order valence-electron chi connectivity index (χ0n) is 11.0. The van der Waals surface area contributed by atoms with Crippen molar-refractivity contribution >= 4 is 0 Å². The molecule has 0 aromatic rings. The van der Waals surface area contributed by atoms with Crippen molar-refractivity contribution in [2.75, 3.05) is 26.8 Å². The second-order valence-corrected chi connectivity index (χ2v) is 4.97. The maximum atomic E-state index is 6.13. The summed E-state index contributed by atoms with van der Waals surface area (Å²) in [5.74, 6) is 0. The summed E-state index contributed by atoms with van der Waals surface area (Å²) < 4.78 is 5.08. The van der Waals surface area contributed by atoms with E-state index >= 15 is 0 Å². The average molecular weight is 228 g/mol.